The van der Waals surface area contributed by atoms with Gasteiger partial charge in [0.1, 0.15) is 18.5 Å². The number of hydrogen-bond donors (Lipinski definition) is 1. The van der Waals surface area contributed by atoms with Gasteiger partial charge in [0.15, 0.2) is 5.65 Å². The van der Waals surface area contributed by atoms with Gasteiger partial charge >= 0.3 is 6.18 Å². The highest BCUT2D eigenvalue weighted by Crippen LogP contribution is 2.35. The predicted octanol–water partition coefficient (Wildman–Crippen LogP) is 4.38. The van der Waals surface area contributed by atoms with Crippen LogP contribution in [0.4, 0.5) is 29.2 Å². The Morgan fingerprint density at radius 3 is 2.46 bits per heavy atom. The fourth-order valence-corrected chi connectivity index (χ4v) is 2.62. The second kappa shape index (κ2) is 6.80. The van der Waals surface area contributed by atoms with Gasteiger partial charge in [-0.15, -0.1) is 0 Å². The third-order valence-electron chi connectivity index (χ3n) is 3.89. The smallest absolute Gasteiger partial charge is 0.323 e. The van der Waals surface area contributed by atoms with E-state index in [1.807, 2.05) is 0 Å². The van der Waals surface area contributed by atoms with Crippen molar-refractivity contribution in [2.75, 3.05) is 5.32 Å². The van der Waals surface area contributed by atoms with Crippen LogP contribution >= 0.6 is 0 Å². The average molecular weight is 386 g/mol. The number of halogens is 4. The lowest BCUT2D eigenvalue weighted by Gasteiger charge is -2.12. The number of nitrogens with zero attached hydrogens (tertiary/aromatic N) is 5. The zero-order chi connectivity index (χ0) is 19.7. The van der Waals surface area contributed by atoms with Crippen LogP contribution in [0.5, 0.6) is 0 Å². The van der Waals surface area contributed by atoms with Crippen molar-refractivity contribution in [1.82, 2.24) is 24.9 Å². The molecule has 4 aromatic rings. The number of aromatic nitrogens is 5. The molecular weight excluding hydrogens is 376 g/mol. The summed E-state index contributed by atoms with van der Waals surface area (Å²) in [6.07, 6.45) is -0.563. The third kappa shape index (κ3) is 3.43. The minimum absolute atomic E-state index is 0.00800. The highest BCUT2D eigenvalue weighted by molar-refractivity contribution is 5.92. The van der Waals surface area contributed by atoms with E-state index in [1.54, 1.807) is 12.1 Å². The molecule has 140 valence electrons. The molecule has 10 heteroatoms. The summed E-state index contributed by atoms with van der Waals surface area (Å²) in [4.78, 5) is 20.0. The first-order valence-electron chi connectivity index (χ1n) is 7.94. The zero-order valence-corrected chi connectivity index (χ0v) is 13.9. The van der Waals surface area contributed by atoms with Crippen LogP contribution in [0.25, 0.3) is 22.3 Å². The molecule has 28 heavy (non-hydrogen) atoms. The largest absolute Gasteiger partial charge is 0.416 e. The van der Waals surface area contributed by atoms with Gasteiger partial charge in [-0.1, -0.05) is 0 Å². The molecule has 1 N–H and O–H groups in total. The van der Waals surface area contributed by atoms with Crippen molar-refractivity contribution in [3.63, 3.8) is 0 Å². The first-order valence-corrected chi connectivity index (χ1v) is 7.94. The molecule has 0 unspecified atom stereocenters. The van der Waals surface area contributed by atoms with Crippen LogP contribution in [0.2, 0.25) is 0 Å². The molecular formula is C18H10F4N6. The number of fused-ring (bicyclic) bond motifs is 1. The van der Waals surface area contributed by atoms with Crippen molar-refractivity contribution in [3.05, 3.63) is 66.6 Å². The molecule has 0 aliphatic rings. The van der Waals surface area contributed by atoms with Crippen LogP contribution < -0.4 is 5.32 Å². The van der Waals surface area contributed by atoms with E-state index in [2.05, 4.69) is 30.2 Å². The monoisotopic (exact) mass is 386 g/mol. The van der Waals surface area contributed by atoms with Gasteiger partial charge in [0.2, 0.25) is 5.95 Å². The molecule has 4 rings (SSSR count). The second-order valence-electron chi connectivity index (χ2n) is 5.71. The minimum Gasteiger partial charge on any atom is -0.323 e. The Kier molecular flexibility index (Phi) is 4.30. The summed E-state index contributed by atoms with van der Waals surface area (Å²) in [5.74, 6) is -0.622. The summed E-state index contributed by atoms with van der Waals surface area (Å²) in [6.45, 7) is 0. The van der Waals surface area contributed by atoms with Crippen molar-refractivity contribution < 1.29 is 17.6 Å². The molecule has 0 aliphatic heterocycles. The molecule has 1 aromatic carbocycles. The maximum absolute atomic E-state index is 14.3. The minimum atomic E-state index is -4.61. The molecule has 0 radical (unpaired) electrons. The normalized spacial score (nSPS) is 11.6. The number of hydrogen-bond acceptors (Lipinski definition) is 6. The summed E-state index contributed by atoms with van der Waals surface area (Å²) >= 11 is 0. The van der Waals surface area contributed by atoms with Crippen LogP contribution in [0.3, 0.4) is 0 Å². The van der Waals surface area contributed by atoms with E-state index in [0.717, 1.165) is 12.1 Å². The molecule has 0 atom stereocenters. The van der Waals surface area contributed by atoms with Gasteiger partial charge in [-0.05, 0) is 36.4 Å². The van der Waals surface area contributed by atoms with Gasteiger partial charge in [0.25, 0.3) is 0 Å². The van der Waals surface area contributed by atoms with Crippen LogP contribution in [-0.4, -0.2) is 24.9 Å². The summed E-state index contributed by atoms with van der Waals surface area (Å²) in [7, 11) is 0. The van der Waals surface area contributed by atoms with Gasteiger partial charge in [-0.25, -0.2) is 29.3 Å². The van der Waals surface area contributed by atoms with Gasteiger partial charge < -0.3 is 5.32 Å². The van der Waals surface area contributed by atoms with Crippen molar-refractivity contribution >= 4 is 22.7 Å². The van der Waals surface area contributed by atoms with E-state index in [1.165, 1.54) is 24.9 Å². The van der Waals surface area contributed by atoms with Crippen molar-refractivity contribution in [3.8, 4) is 11.3 Å². The van der Waals surface area contributed by atoms with E-state index in [4.69, 9.17) is 0 Å². The fourth-order valence-electron chi connectivity index (χ4n) is 2.62. The highest BCUT2D eigenvalue weighted by atomic mass is 19.4. The number of nitrogens with one attached hydrogen (secondary N) is 1. The average Bonchev–Trinajstić information content (AvgIpc) is 2.68. The maximum Gasteiger partial charge on any atom is 0.416 e. The van der Waals surface area contributed by atoms with Gasteiger partial charge in [-0.3, -0.25) is 0 Å². The van der Waals surface area contributed by atoms with Gasteiger partial charge in [0, 0.05) is 17.1 Å². The maximum atomic E-state index is 14.3. The number of benzene rings is 1. The quantitative estimate of drug-likeness (QED) is 0.527. The number of alkyl halides is 3. The zero-order valence-electron chi connectivity index (χ0n) is 13.9. The molecule has 0 amide bonds. The van der Waals surface area contributed by atoms with E-state index in [-0.39, 0.29) is 22.9 Å². The van der Waals surface area contributed by atoms with E-state index >= 15 is 0 Å². The van der Waals surface area contributed by atoms with E-state index < -0.39 is 17.6 Å². The second-order valence-corrected chi connectivity index (χ2v) is 5.71. The molecule has 0 spiro atoms. The number of anilines is 2. The standard InChI is InChI=1S/C18H10F4N6/c19-13-4-3-10(18(20,21)22)6-12(13)15-7-14(28-17-25-8-23-9-26-17)11-2-1-5-24-16(11)27-15/h1-9H,(H,23,24,25,26,27,28). The lowest BCUT2D eigenvalue weighted by Crippen LogP contribution is -2.06. The third-order valence-corrected chi connectivity index (χ3v) is 3.89. The molecule has 0 fully saturated rings. The van der Waals surface area contributed by atoms with Crippen molar-refractivity contribution in [2.24, 2.45) is 0 Å². The van der Waals surface area contributed by atoms with E-state index in [0.29, 0.717) is 17.1 Å². The van der Waals surface area contributed by atoms with E-state index in [9.17, 15) is 17.6 Å². The lowest BCUT2D eigenvalue weighted by atomic mass is 10.0. The topological polar surface area (TPSA) is 76.5 Å². The Labute approximate surface area is 155 Å². The molecule has 3 aromatic heterocycles. The Bertz CT molecular complexity index is 1150. The summed E-state index contributed by atoms with van der Waals surface area (Å²) in [6, 6.07) is 6.98. The van der Waals surface area contributed by atoms with Gasteiger partial charge in [0.05, 0.1) is 16.9 Å². The SMILES string of the molecule is Fc1ccc(C(F)(F)F)cc1-c1cc(Nc2ncncn2)c2cccnc2n1. The highest BCUT2D eigenvalue weighted by Gasteiger charge is 2.31. The Hall–Kier alpha value is -3.69. The Morgan fingerprint density at radius 2 is 1.71 bits per heavy atom. The number of pyridine rings is 2. The first-order chi connectivity index (χ1) is 13.4. The molecule has 6 nitrogen and oxygen atoms in total. The molecule has 0 bridgehead atoms. The predicted molar refractivity (Wildman–Crippen MR) is 93.0 cm³/mol. The van der Waals surface area contributed by atoms with Crippen LogP contribution in [0.15, 0.2) is 55.2 Å². The summed E-state index contributed by atoms with van der Waals surface area (Å²) in [5.41, 5.74) is -0.629. The van der Waals surface area contributed by atoms with Crippen LogP contribution in [-0.2, 0) is 6.18 Å². The Balaban J connectivity index is 1.89. The summed E-state index contributed by atoms with van der Waals surface area (Å²) in [5, 5.41) is 3.50. The Morgan fingerprint density at radius 1 is 0.929 bits per heavy atom. The fraction of sp³-hybridized carbons (Fsp3) is 0.0556. The van der Waals surface area contributed by atoms with Crippen LogP contribution in [0, 0.1) is 5.82 Å². The molecule has 0 saturated heterocycles. The first kappa shape index (κ1) is 17.7. The molecule has 0 aliphatic carbocycles. The van der Waals surface area contributed by atoms with Crippen molar-refractivity contribution in [1.29, 1.82) is 0 Å². The molecule has 3 heterocycles. The van der Waals surface area contributed by atoms with Crippen molar-refractivity contribution in [2.45, 2.75) is 6.18 Å². The number of rotatable bonds is 3. The van der Waals surface area contributed by atoms with Crippen LogP contribution in [0.1, 0.15) is 5.56 Å². The summed E-state index contributed by atoms with van der Waals surface area (Å²) < 4.78 is 53.5. The lowest BCUT2D eigenvalue weighted by molar-refractivity contribution is -0.137. The van der Waals surface area contributed by atoms with Gasteiger partial charge in [-0.2, -0.15) is 13.2 Å². The molecule has 0 saturated carbocycles.